The predicted octanol–water partition coefficient (Wildman–Crippen LogP) is 4.82. The van der Waals surface area contributed by atoms with Crippen molar-refractivity contribution in [3.05, 3.63) is 95.6 Å². The van der Waals surface area contributed by atoms with Gasteiger partial charge in [0.2, 0.25) is 11.8 Å². The molecule has 1 aliphatic heterocycles. The van der Waals surface area contributed by atoms with E-state index in [4.69, 9.17) is 14.6 Å². The highest BCUT2D eigenvalue weighted by Gasteiger charge is 2.33. The van der Waals surface area contributed by atoms with E-state index in [0.29, 0.717) is 13.0 Å². The summed E-state index contributed by atoms with van der Waals surface area (Å²) >= 11 is 0. The summed E-state index contributed by atoms with van der Waals surface area (Å²) in [7, 11) is 4.97. The Morgan fingerprint density at radius 3 is 2.31 bits per heavy atom. The first-order chi connectivity index (χ1) is 17.5. The Bertz CT molecular complexity index is 1220. The van der Waals surface area contributed by atoms with Crippen LogP contribution in [0.5, 0.6) is 11.5 Å². The van der Waals surface area contributed by atoms with Gasteiger partial charge in [0.15, 0.2) is 0 Å². The Balaban J connectivity index is 1.46. The number of methoxy groups -OCH3 is 2. The fourth-order valence-corrected chi connectivity index (χ4v) is 4.33. The molecule has 36 heavy (non-hydrogen) atoms. The summed E-state index contributed by atoms with van der Waals surface area (Å²) in [5, 5.41) is 6.24. The summed E-state index contributed by atoms with van der Waals surface area (Å²) in [4.78, 5) is 27.8. The van der Waals surface area contributed by atoms with Crippen LogP contribution in [0.1, 0.15) is 42.0 Å². The van der Waals surface area contributed by atoms with Crippen LogP contribution in [0.25, 0.3) is 0 Å². The second-order valence-electron chi connectivity index (χ2n) is 8.71. The van der Waals surface area contributed by atoms with Gasteiger partial charge in [-0.25, -0.2) is 5.01 Å². The van der Waals surface area contributed by atoms with Crippen molar-refractivity contribution in [3.8, 4) is 11.5 Å². The van der Waals surface area contributed by atoms with E-state index in [1.54, 1.807) is 26.2 Å². The number of amides is 2. The lowest BCUT2D eigenvalue weighted by Gasteiger charge is -2.23. The maximum absolute atomic E-state index is 13.3. The molecule has 0 spiro atoms. The van der Waals surface area contributed by atoms with Gasteiger partial charge in [0.05, 0.1) is 26.0 Å². The van der Waals surface area contributed by atoms with Crippen LogP contribution in [0.15, 0.2) is 84.0 Å². The smallest absolute Gasteiger partial charge is 0.243 e. The lowest BCUT2D eigenvalue weighted by molar-refractivity contribution is -0.137. The van der Waals surface area contributed by atoms with E-state index in [2.05, 4.69) is 0 Å². The maximum atomic E-state index is 13.3. The fourth-order valence-electron chi connectivity index (χ4n) is 4.33. The van der Waals surface area contributed by atoms with E-state index >= 15 is 0 Å². The molecule has 0 fully saturated rings. The third kappa shape index (κ3) is 5.74. The molecule has 0 N–H and O–H groups in total. The Morgan fingerprint density at radius 2 is 1.61 bits per heavy atom. The van der Waals surface area contributed by atoms with Crippen LogP contribution < -0.4 is 9.47 Å². The second-order valence-corrected chi connectivity index (χ2v) is 8.71. The molecule has 3 aromatic carbocycles. The summed E-state index contributed by atoms with van der Waals surface area (Å²) in [6.45, 7) is 0.408. The molecule has 1 aliphatic rings. The minimum Gasteiger partial charge on any atom is -0.497 e. The molecular weight excluding hydrogens is 454 g/mol. The molecule has 7 nitrogen and oxygen atoms in total. The predicted molar refractivity (Wildman–Crippen MR) is 139 cm³/mol. The van der Waals surface area contributed by atoms with Crippen LogP contribution in [0.4, 0.5) is 0 Å². The molecule has 2 amide bonds. The summed E-state index contributed by atoms with van der Waals surface area (Å²) in [6.07, 6.45) is 0.781. The Labute approximate surface area is 211 Å². The molecule has 0 radical (unpaired) electrons. The van der Waals surface area contributed by atoms with Crippen molar-refractivity contribution < 1.29 is 19.1 Å². The monoisotopic (exact) mass is 485 g/mol. The molecule has 1 unspecified atom stereocenters. The second kappa shape index (κ2) is 11.5. The number of carbonyl (C=O) groups is 2. The highest BCUT2D eigenvalue weighted by Crippen LogP contribution is 2.34. The third-order valence-corrected chi connectivity index (χ3v) is 6.35. The average Bonchev–Trinajstić information content (AvgIpc) is 3.38. The molecule has 0 saturated carbocycles. The summed E-state index contributed by atoms with van der Waals surface area (Å²) in [5.41, 5.74) is 3.72. The van der Waals surface area contributed by atoms with E-state index in [1.807, 2.05) is 78.9 Å². The standard InChI is InChI=1S/C29H31N3O4/c1-31(20-23-11-7-8-12-27(23)36-3)28(33)17-18-29(34)32-26(22-13-15-24(35-2)16-14-22)19-25(30-32)21-9-5-4-6-10-21/h4-16,26H,17-20H2,1-3H3. The zero-order chi connectivity index (χ0) is 25.5. The Kier molecular flexibility index (Phi) is 8.00. The van der Waals surface area contributed by atoms with Gasteiger partial charge in [0.1, 0.15) is 11.5 Å². The molecule has 4 rings (SSSR count). The van der Waals surface area contributed by atoms with Crippen LogP contribution in [0.2, 0.25) is 0 Å². The SMILES string of the molecule is COc1ccc(C2CC(c3ccccc3)=NN2C(=O)CCC(=O)N(C)Cc2ccccc2OC)cc1. The molecular formula is C29H31N3O4. The van der Waals surface area contributed by atoms with E-state index in [1.165, 1.54) is 5.01 Å². The number of para-hydroxylation sites is 1. The summed E-state index contributed by atoms with van der Waals surface area (Å²) in [5.74, 6) is 1.19. The van der Waals surface area contributed by atoms with E-state index < -0.39 is 0 Å². The summed E-state index contributed by atoms with van der Waals surface area (Å²) < 4.78 is 10.7. The molecule has 0 aliphatic carbocycles. The van der Waals surface area contributed by atoms with Crippen molar-refractivity contribution in [2.75, 3.05) is 21.3 Å². The zero-order valence-electron chi connectivity index (χ0n) is 20.9. The van der Waals surface area contributed by atoms with Crippen molar-refractivity contribution in [2.45, 2.75) is 31.8 Å². The number of ether oxygens (including phenoxy) is 2. The minimum atomic E-state index is -0.236. The zero-order valence-corrected chi connectivity index (χ0v) is 20.9. The highest BCUT2D eigenvalue weighted by atomic mass is 16.5. The number of hydrogen-bond acceptors (Lipinski definition) is 5. The van der Waals surface area contributed by atoms with Gasteiger partial charge < -0.3 is 14.4 Å². The van der Waals surface area contributed by atoms with Crippen molar-refractivity contribution in [3.63, 3.8) is 0 Å². The maximum Gasteiger partial charge on any atom is 0.243 e. The van der Waals surface area contributed by atoms with Crippen LogP contribution in [-0.4, -0.2) is 48.7 Å². The lowest BCUT2D eigenvalue weighted by atomic mass is 9.98. The minimum absolute atomic E-state index is 0.0767. The lowest BCUT2D eigenvalue weighted by Crippen LogP contribution is -2.30. The number of hydrogen-bond donors (Lipinski definition) is 0. The van der Waals surface area contributed by atoms with Crippen LogP contribution in [0, 0.1) is 0 Å². The average molecular weight is 486 g/mol. The van der Waals surface area contributed by atoms with Crippen molar-refractivity contribution in [1.29, 1.82) is 0 Å². The number of hydrazone groups is 1. The first-order valence-corrected chi connectivity index (χ1v) is 11.9. The number of benzene rings is 3. The van der Waals surface area contributed by atoms with Crippen LogP contribution in [0.3, 0.4) is 0 Å². The summed E-state index contributed by atoms with van der Waals surface area (Å²) in [6, 6.07) is 24.9. The molecule has 7 heteroatoms. The number of rotatable bonds is 9. The van der Waals surface area contributed by atoms with E-state index in [0.717, 1.165) is 33.9 Å². The fraction of sp³-hybridized carbons (Fsp3) is 0.276. The van der Waals surface area contributed by atoms with Gasteiger partial charge >= 0.3 is 0 Å². The topological polar surface area (TPSA) is 71.4 Å². The van der Waals surface area contributed by atoms with Gasteiger partial charge in [0.25, 0.3) is 0 Å². The number of carbonyl (C=O) groups excluding carboxylic acids is 2. The van der Waals surface area contributed by atoms with Crippen molar-refractivity contribution in [1.82, 2.24) is 9.91 Å². The number of nitrogens with zero attached hydrogens (tertiary/aromatic N) is 3. The van der Waals surface area contributed by atoms with Gasteiger partial charge in [-0.1, -0.05) is 60.7 Å². The molecule has 1 atom stereocenters. The van der Waals surface area contributed by atoms with Gasteiger partial charge in [0, 0.05) is 38.4 Å². The molecule has 0 saturated heterocycles. The first-order valence-electron chi connectivity index (χ1n) is 11.9. The van der Waals surface area contributed by atoms with Crippen molar-refractivity contribution >= 4 is 17.5 Å². The van der Waals surface area contributed by atoms with Crippen LogP contribution in [-0.2, 0) is 16.1 Å². The molecule has 1 heterocycles. The third-order valence-electron chi connectivity index (χ3n) is 6.35. The van der Waals surface area contributed by atoms with E-state index in [9.17, 15) is 9.59 Å². The Hall–Kier alpha value is -4.13. The molecule has 186 valence electrons. The molecule has 0 bridgehead atoms. The van der Waals surface area contributed by atoms with Gasteiger partial charge in [-0.05, 0) is 29.3 Å². The van der Waals surface area contributed by atoms with Gasteiger partial charge in [-0.2, -0.15) is 5.10 Å². The highest BCUT2D eigenvalue weighted by molar-refractivity contribution is 6.03. The largest absolute Gasteiger partial charge is 0.497 e. The quantitative estimate of drug-likeness (QED) is 0.436. The van der Waals surface area contributed by atoms with Gasteiger partial charge in [-0.15, -0.1) is 0 Å². The van der Waals surface area contributed by atoms with Crippen molar-refractivity contribution in [2.24, 2.45) is 5.10 Å². The van der Waals surface area contributed by atoms with Crippen LogP contribution >= 0.6 is 0 Å². The van der Waals surface area contributed by atoms with E-state index in [-0.39, 0.29) is 30.7 Å². The van der Waals surface area contributed by atoms with Gasteiger partial charge in [-0.3, -0.25) is 9.59 Å². The normalized spacial score (nSPS) is 14.8. The molecule has 0 aromatic heterocycles. The molecule has 3 aromatic rings. The first kappa shape index (κ1) is 25.0. The Morgan fingerprint density at radius 1 is 0.917 bits per heavy atom.